The van der Waals surface area contributed by atoms with Crippen LogP contribution in [0.2, 0.25) is 0 Å². The van der Waals surface area contributed by atoms with Gasteiger partial charge in [-0.1, -0.05) is 18.2 Å². The molecule has 0 radical (unpaired) electrons. The second-order valence-corrected chi connectivity index (χ2v) is 11.4. The number of fused-ring (bicyclic) bond motifs is 1. The molecule has 16 heteroatoms. The van der Waals surface area contributed by atoms with Gasteiger partial charge in [0.1, 0.15) is 16.0 Å². The van der Waals surface area contributed by atoms with Crippen LogP contribution >= 0.6 is 0 Å². The summed E-state index contributed by atoms with van der Waals surface area (Å²) in [5, 5.41) is 11.7. The molecule has 5 rings (SSSR count). The second-order valence-electron chi connectivity index (χ2n) is 8.22. The van der Waals surface area contributed by atoms with Gasteiger partial charge in [0.05, 0.1) is 11.0 Å². The maximum atomic E-state index is 13.4. The summed E-state index contributed by atoms with van der Waals surface area (Å²) in [7, 11) is -7.02. The van der Waals surface area contributed by atoms with E-state index >= 15 is 0 Å². The van der Waals surface area contributed by atoms with E-state index in [9.17, 15) is 16.8 Å². The van der Waals surface area contributed by atoms with E-state index in [-0.39, 0.29) is 11.6 Å². The lowest BCUT2D eigenvalue weighted by Gasteiger charge is -2.22. The maximum absolute atomic E-state index is 13.4. The highest BCUT2D eigenvalue weighted by atomic mass is 32.2. The Hall–Kier alpha value is -2.67. The SMILES string of the molecule is CNc1nc2c(-c3ccc(S(=O)(=O)N[C@H]4CCNC4)c(S(N)(=O)=O)c3C3NNNN3)cccc2[nH]1. The molecule has 10 N–H and O–H groups in total. The van der Waals surface area contributed by atoms with Gasteiger partial charge in [-0.05, 0) is 30.7 Å². The Bertz CT molecular complexity index is 1480. The van der Waals surface area contributed by atoms with E-state index in [4.69, 9.17) is 5.14 Å². The summed E-state index contributed by atoms with van der Waals surface area (Å²) in [6.07, 6.45) is -0.261. The Morgan fingerprint density at radius 2 is 1.83 bits per heavy atom. The fourth-order valence-corrected chi connectivity index (χ4v) is 7.34. The number of hydrogen-bond donors (Lipinski definition) is 9. The van der Waals surface area contributed by atoms with Gasteiger partial charge in [0.2, 0.25) is 26.0 Å². The second kappa shape index (κ2) is 9.08. The summed E-state index contributed by atoms with van der Waals surface area (Å²) in [6, 6.07) is 7.88. The number of aromatic amines is 1. The molecule has 0 amide bonds. The largest absolute Gasteiger partial charge is 0.359 e. The number of anilines is 1. The van der Waals surface area contributed by atoms with Crippen molar-refractivity contribution in [2.75, 3.05) is 25.5 Å². The van der Waals surface area contributed by atoms with Crippen molar-refractivity contribution in [3.05, 3.63) is 35.9 Å². The summed E-state index contributed by atoms with van der Waals surface area (Å²) >= 11 is 0. The smallest absolute Gasteiger partial charge is 0.242 e. The third kappa shape index (κ3) is 4.51. The van der Waals surface area contributed by atoms with E-state index in [1.165, 1.54) is 6.07 Å². The van der Waals surface area contributed by atoms with Crippen molar-refractivity contribution in [1.29, 1.82) is 0 Å². The Morgan fingerprint density at radius 1 is 1.06 bits per heavy atom. The van der Waals surface area contributed by atoms with Gasteiger partial charge in [-0.25, -0.2) is 42.5 Å². The average molecular weight is 523 g/mol. The quantitative estimate of drug-likeness (QED) is 0.178. The number of aromatic nitrogens is 2. The van der Waals surface area contributed by atoms with Crippen molar-refractivity contribution in [2.45, 2.75) is 28.4 Å². The molecule has 1 aromatic heterocycles. The first-order valence-electron chi connectivity index (χ1n) is 10.8. The predicted molar refractivity (Wildman–Crippen MR) is 129 cm³/mol. The highest BCUT2D eigenvalue weighted by molar-refractivity contribution is 7.92. The zero-order chi connectivity index (χ0) is 24.8. The minimum atomic E-state index is -4.51. The Morgan fingerprint density at radius 3 is 2.49 bits per heavy atom. The molecular formula is C19H26N10O4S2. The van der Waals surface area contributed by atoms with Crippen LogP contribution in [0.4, 0.5) is 5.95 Å². The topological polar surface area (TPSA) is 207 Å². The molecule has 14 nitrogen and oxygen atoms in total. The van der Waals surface area contributed by atoms with Crippen molar-refractivity contribution >= 4 is 37.0 Å². The van der Waals surface area contributed by atoms with E-state index < -0.39 is 36.0 Å². The third-order valence-electron chi connectivity index (χ3n) is 5.94. The summed E-state index contributed by atoms with van der Waals surface area (Å²) in [6.45, 7) is 1.11. The first kappa shape index (κ1) is 24.0. The first-order valence-corrected chi connectivity index (χ1v) is 13.8. The molecule has 2 aliphatic heterocycles. The molecule has 0 unspecified atom stereocenters. The van der Waals surface area contributed by atoms with Crippen LogP contribution in [0.15, 0.2) is 40.1 Å². The number of nitrogens with two attached hydrogens (primary N) is 1. The lowest BCUT2D eigenvalue weighted by atomic mass is 9.96. The monoisotopic (exact) mass is 522 g/mol. The van der Waals surface area contributed by atoms with E-state index in [1.807, 2.05) is 6.07 Å². The lowest BCUT2D eigenvalue weighted by molar-refractivity contribution is 0.530. The van der Waals surface area contributed by atoms with E-state index in [0.29, 0.717) is 47.6 Å². The highest BCUT2D eigenvalue weighted by Gasteiger charge is 2.35. The number of benzene rings is 2. The van der Waals surface area contributed by atoms with Crippen LogP contribution in [0.25, 0.3) is 22.2 Å². The number of rotatable bonds is 7. The number of sulfonamides is 2. The Kier molecular flexibility index (Phi) is 6.24. The van der Waals surface area contributed by atoms with Crippen molar-refractivity contribution in [2.24, 2.45) is 5.14 Å². The van der Waals surface area contributed by atoms with E-state index in [2.05, 4.69) is 47.2 Å². The van der Waals surface area contributed by atoms with Gasteiger partial charge >= 0.3 is 0 Å². The molecule has 2 saturated heterocycles. The number of nitrogens with zero attached hydrogens (tertiary/aromatic N) is 1. The average Bonchev–Trinajstić information content (AvgIpc) is 3.58. The zero-order valence-electron chi connectivity index (χ0n) is 18.6. The van der Waals surface area contributed by atoms with Crippen molar-refractivity contribution < 1.29 is 16.8 Å². The Labute approximate surface area is 201 Å². The van der Waals surface area contributed by atoms with Crippen LogP contribution in [0, 0.1) is 0 Å². The number of nitrogens with one attached hydrogen (secondary N) is 8. The standard InChI is InChI=1S/C19H26N10O4S2/c1-21-19-23-13-4-2-3-12(16(13)24-19)11-5-6-14(35(32,33)27-10-7-8-22-9-10)17(34(20,30)31)15(11)18-25-28-29-26-18/h2-6,10,18,22,25-29H,7-9H2,1H3,(H2,20,30,31)(H2,21,23,24)/t10-/m0/s1. The summed E-state index contributed by atoms with van der Waals surface area (Å²) in [5.41, 5.74) is 13.4. The van der Waals surface area contributed by atoms with Crippen molar-refractivity contribution in [1.82, 2.24) is 41.9 Å². The normalized spacial score (nSPS) is 19.5. The molecule has 188 valence electrons. The number of hydrazine groups is 3. The van der Waals surface area contributed by atoms with Crippen LogP contribution in [-0.4, -0.2) is 53.0 Å². The predicted octanol–water partition coefficient (Wildman–Crippen LogP) is -1.33. The molecular weight excluding hydrogens is 496 g/mol. The molecule has 3 heterocycles. The van der Waals surface area contributed by atoms with Gasteiger partial charge in [-0.15, -0.1) is 0 Å². The van der Waals surface area contributed by atoms with Crippen molar-refractivity contribution in [3.8, 4) is 11.1 Å². The molecule has 0 bridgehead atoms. The lowest BCUT2D eigenvalue weighted by Crippen LogP contribution is -2.38. The Balaban J connectivity index is 1.78. The maximum Gasteiger partial charge on any atom is 0.242 e. The number of hydrogen-bond acceptors (Lipinski definition) is 11. The number of primary sulfonamides is 1. The third-order valence-corrected chi connectivity index (χ3v) is 8.64. The van der Waals surface area contributed by atoms with E-state index in [1.54, 1.807) is 25.2 Å². The molecule has 1 atom stereocenters. The van der Waals surface area contributed by atoms with Crippen LogP contribution in [0.1, 0.15) is 18.2 Å². The fraction of sp³-hybridized carbons (Fsp3) is 0.316. The van der Waals surface area contributed by atoms with Gasteiger partial charge in [0.25, 0.3) is 0 Å². The minimum absolute atomic E-state index is 0.124. The summed E-state index contributed by atoms with van der Waals surface area (Å²) in [5.74, 6) is 0.523. The fourth-order valence-electron chi connectivity index (χ4n) is 4.41. The number of imidazole rings is 1. The van der Waals surface area contributed by atoms with Gasteiger partial charge in [-0.2, -0.15) is 11.1 Å². The summed E-state index contributed by atoms with van der Waals surface area (Å²) in [4.78, 5) is 6.75. The minimum Gasteiger partial charge on any atom is -0.359 e. The molecule has 0 saturated carbocycles. The molecule has 3 aromatic rings. The molecule has 0 spiro atoms. The highest BCUT2D eigenvalue weighted by Crippen LogP contribution is 2.39. The molecule has 0 aliphatic carbocycles. The van der Waals surface area contributed by atoms with Crippen LogP contribution < -0.4 is 42.4 Å². The summed E-state index contributed by atoms with van der Waals surface area (Å²) < 4.78 is 55.2. The molecule has 2 fully saturated rings. The van der Waals surface area contributed by atoms with Crippen LogP contribution in [-0.2, 0) is 20.0 Å². The van der Waals surface area contributed by atoms with Gasteiger partial charge in [-0.3, -0.25) is 0 Å². The van der Waals surface area contributed by atoms with Gasteiger partial charge in [0.15, 0.2) is 0 Å². The van der Waals surface area contributed by atoms with Gasteiger partial charge in [0, 0.05) is 30.8 Å². The molecule has 2 aliphatic rings. The van der Waals surface area contributed by atoms with E-state index in [0.717, 1.165) is 0 Å². The zero-order valence-corrected chi connectivity index (χ0v) is 20.3. The first-order chi connectivity index (χ1) is 16.7. The molecule has 2 aromatic carbocycles. The number of H-pyrrole nitrogens is 1. The molecule has 35 heavy (non-hydrogen) atoms. The van der Waals surface area contributed by atoms with Crippen molar-refractivity contribution in [3.63, 3.8) is 0 Å². The number of para-hydroxylation sites is 1. The van der Waals surface area contributed by atoms with Crippen LogP contribution in [0.3, 0.4) is 0 Å². The van der Waals surface area contributed by atoms with Crippen LogP contribution in [0.5, 0.6) is 0 Å². The van der Waals surface area contributed by atoms with Gasteiger partial charge < -0.3 is 15.6 Å².